The van der Waals surface area contributed by atoms with Crippen LogP contribution in [-0.4, -0.2) is 25.0 Å². The lowest BCUT2D eigenvalue weighted by atomic mass is 10.0. The van der Waals surface area contributed by atoms with Gasteiger partial charge in [-0.1, -0.05) is 30.3 Å². The van der Waals surface area contributed by atoms with Crippen LogP contribution in [0.15, 0.2) is 48.5 Å². The minimum absolute atomic E-state index is 0.239. The summed E-state index contributed by atoms with van der Waals surface area (Å²) in [5, 5.41) is 5.38. The Labute approximate surface area is 142 Å². The number of hydrogen-bond donors (Lipinski definition) is 2. The van der Waals surface area contributed by atoms with Crippen LogP contribution in [0.2, 0.25) is 0 Å². The maximum absolute atomic E-state index is 12.1. The van der Waals surface area contributed by atoms with Crippen molar-refractivity contribution in [3.8, 4) is 5.75 Å². The number of anilines is 1. The maximum Gasteiger partial charge on any atom is 0.246 e. The van der Waals surface area contributed by atoms with E-state index in [2.05, 4.69) is 10.6 Å². The topological polar surface area (TPSA) is 67.4 Å². The summed E-state index contributed by atoms with van der Waals surface area (Å²) in [5.74, 6) is 0.268. The number of carbonyl (C=O) groups excluding carboxylic acids is 2. The first-order chi connectivity index (χ1) is 11.5. The summed E-state index contributed by atoms with van der Waals surface area (Å²) in [5.41, 5.74) is 2.81. The lowest BCUT2D eigenvalue weighted by Crippen LogP contribution is -2.40. The van der Waals surface area contributed by atoms with E-state index in [9.17, 15) is 9.59 Å². The summed E-state index contributed by atoms with van der Waals surface area (Å²) >= 11 is 0. The van der Waals surface area contributed by atoms with Gasteiger partial charge in [0, 0.05) is 24.6 Å². The van der Waals surface area contributed by atoms with Gasteiger partial charge in [-0.25, -0.2) is 0 Å². The molecule has 5 heteroatoms. The van der Waals surface area contributed by atoms with E-state index in [1.165, 1.54) is 6.92 Å². The van der Waals surface area contributed by atoms with Gasteiger partial charge in [-0.15, -0.1) is 0 Å². The number of nitrogens with one attached hydrogen (secondary N) is 2. The molecule has 2 aromatic rings. The summed E-state index contributed by atoms with van der Waals surface area (Å²) in [6.45, 7) is 3.03. The van der Waals surface area contributed by atoms with Gasteiger partial charge >= 0.3 is 0 Å². The van der Waals surface area contributed by atoms with E-state index < -0.39 is 6.04 Å². The second kappa shape index (κ2) is 8.15. The number of benzene rings is 2. The van der Waals surface area contributed by atoms with Crippen LogP contribution in [0.3, 0.4) is 0 Å². The fourth-order valence-corrected chi connectivity index (χ4v) is 2.43. The van der Waals surface area contributed by atoms with E-state index in [-0.39, 0.29) is 11.8 Å². The predicted octanol–water partition coefficient (Wildman–Crippen LogP) is 2.75. The summed E-state index contributed by atoms with van der Waals surface area (Å²) in [6, 6.07) is 15.0. The van der Waals surface area contributed by atoms with Gasteiger partial charge in [-0.2, -0.15) is 0 Å². The van der Waals surface area contributed by atoms with Gasteiger partial charge in [0.15, 0.2) is 0 Å². The van der Waals surface area contributed by atoms with Crippen molar-refractivity contribution < 1.29 is 14.3 Å². The van der Waals surface area contributed by atoms with Crippen molar-refractivity contribution in [1.82, 2.24) is 5.32 Å². The molecule has 2 amide bonds. The lowest BCUT2D eigenvalue weighted by Gasteiger charge is -2.15. The van der Waals surface area contributed by atoms with Crippen molar-refractivity contribution >= 4 is 17.5 Å². The molecule has 126 valence electrons. The van der Waals surface area contributed by atoms with Gasteiger partial charge in [0.25, 0.3) is 0 Å². The first-order valence-corrected chi connectivity index (χ1v) is 7.78. The monoisotopic (exact) mass is 326 g/mol. The molecule has 1 atom stereocenters. The van der Waals surface area contributed by atoms with Crippen LogP contribution in [-0.2, 0) is 16.0 Å². The van der Waals surface area contributed by atoms with Crippen LogP contribution in [0.5, 0.6) is 5.75 Å². The molecule has 2 rings (SSSR count). The van der Waals surface area contributed by atoms with Crippen LogP contribution in [0.1, 0.15) is 25.0 Å². The molecule has 0 heterocycles. The standard InChI is InChI=1S/C19H22N2O3/c1-13(20-14(2)22)19(23)21-17-9-10-18(24-3)16(12-17)11-15-7-5-4-6-8-15/h4-10,12-13H,11H2,1-3H3,(H,20,22)(H,21,23). The van der Waals surface area contributed by atoms with E-state index in [1.807, 2.05) is 42.5 Å². The fraction of sp³-hybridized carbons (Fsp3) is 0.263. The van der Waals surface area contributed by atoms with Crippen LogP contribution in [0.4, 0.5) is 5.69 Å². The normalized spacial score (nSPS) is 11.5. The van der Waals surface area contributed by atoms with Gasteiger partial charge in [0.05, 0.1) is 7.11 Å². The smallest absolute Gasteiger partial charge is 0.246 e. The van der Waals surface area contributed by atoms with Crippen LogP contribution in [0.25, 0.3) is 0 Å². The Morgan fingerprint density at radius 1 is 1.12 bits per heavy atom. The fourth-order valence-electron chi connectivity index (χ4n) is 2.43. The molecule has 0 aromatic heterocycles. The molecule has 0 saturated heterocycles. The molecule has 24 heavy (non-hydrogen) atoms. The molecule has 0 saturated carbocycles. The second-order valence-electron chi connectivity index (χ2n) is 5.60. The van der Waals surface area contributed by atoms with Crippen LogP contribution >= 0.6 is 0 Å². The number of methoxy groups -OCH3 is 1. The van der Waals surface area contributed by atoms with Crippen molar-refractivity contribution in [3.63, 3.8) is 0 Å². The molecule has 0 aliphatic heterocycles. The zero-order valence-electron chi connectivity index (χ0n) is 14.1. The van der Waals surface area contributed by atoms with Crippen LogP contribution < -0.4 is 15.4 Å². The third-order valence-electron chi connectivity index (χ3n) is 3.60. The highest BCUT2D eigenvalue weighted by Gasteiger charge is 2.14. The van der Waals surface area contributed by atoms with Crippen LogP contribution in [0, 0.1) is 0 Å². The number of rotatable bonds is 6. The minimum atomic E-state index is -0.595. The zero-order valence-corrected chi connectivity index (χ0v) is 14.1. The lowest BCUT2D eigenvalue weighted by molar-refractivity contribution is -0.124. The molecule has 0 aliphatic carbocycles. The molecule has 0 bridgehead atoms. The largest absolute Gasteiger partial charge is 0.496 e. The summed E-state index contributed by atoms with van der Waals surface area (Å²) in [7, 11) is 1.63. The highest BCUT2D eigenvalue weighted by molar-refractivity contribution is 5.96. The number of carbonyl (C=O) groups is 2. The molecular weight excluding hydrogens is 304 g/mol. The molecule has 1 unspecified atom stereocenters. The van der Waals surface area contributed by atoms with Gasteiger partial charge in [-0.05, 0) is 30.7 Å². The van der Waals surface area contributed by atoms with E-state index in [0.29, 0.717) is 12.1 Å². The molecule has 0 fully saturated rings. The third kappa shape index (κ3) is 4.84. The number of amides is 2. The number of ether oxygens (including phenoxy) is 1. The second-order valence-corrected chi connectivity index (χ2v) is 5.60. The molecule has 0 aliphatic rings. The van der Waals surface area contributed by atoms with Crippen molar-refractivity contribution in [1.29, 1.82) is 0 Å². The van der Waals surface area contributed by atoms with Crippen molar-refractivity contribution in [2.24, 2.45) is 0 Å². The van der Waals surface area contributed by atoms with Gasteiger partial charge < -0.3 is 15.4 Å². The zero-order chi connectivity index (χ0) is 17.5. The maximum atomic E-state index is 12.1. The van der Waals surface area contributed by atoms with E-state index >= 15 is 0 Å². The highest BCUT2D eigenvalue weighted by Crippen LogP contribution is 2.25. The van der Waals surface area contributed by atoms with Gasteiger partial charge in [0.1, 0.15) is 11.8 Å². The highest BCUT2D eigenvalue weighted by atomic mass is 16.5. The van der Waals surface area contributed by atoms with E-state index in [0.717, 1.165) is 16.9 Å². The van der Waals surface area contributed by atoms with E-state index in [1.54, 1.807) is 20.1 Å². The summed E-state index contributed by atoms with van der Waals surface area (Å²) in [4.78, 5) is 23.2. The van der Waals surface area contributed by atoms with E-state index in [4.69, 9.17) is 4.74 Å². The molecule has 0 spiro atoms. The third-order valence-corrected chi connectivity index (χ3v) is 3.60. The average molecular weight is 326 g/mol. The predicted molar refractivity (Wildman–Crippen MR) is 94.2 cm³/mol. The Bertz CT molecular complexity index is 714. The van der Waals surface area contributed by atoms with Crippen molar-refractivity contribution in [2.75, 3.05) is 12.4 Å². The molecule has 2 N–H and O–H groups in total. The Morgan fingerprint density at radius 2 is 1.83 bits per heavy atom. The van der Waals surface area contributed by atoms with Gasteiger partial charge in [0.2, 0.25) is 11.8 Å². The summed E-state index contributed by atoms with van der Waals surface area (Å²) < 4.78 is 5.41. The average Bonchev–Trinajstić information content (AvgIpc) is 2.55. The Balaban J connectivity index is 2.16. The Morgan fingerprint density at radius 3 is 2.46 bits per heavy atom. The molecular formula is C19H22N2O3. The first-order valence-electron chi connectivity index (χ1n) is 7.78. The quantitative estimate of drug-likeness (QED) is 0.858. The SMILES string of the molecule is COc1ccc(NC(=O)C(C)NC(C)=O)cc1Cc1ccccc1. The van der Waals surface area contributed by atoms with Gasteiger partial charge in [-0.3, -0.25) is 9.59 Å². The van der Waals surface area contributed by atoms with Crippen molar-refractivity contribution in [2.45, 2.75) is 26.3 Å². The first kappa shape index (κ1) is 17.5. The Kier molecular flexibility index (Phi) is 5.95. The molecule has 2 aromatic carbocycles. The van der Waals surface area contributed by atoms with Crippen molar-refractivity contribution in [3.05, 3.63) is 59.7 Å². The number of hydrogen-bond acceptors (Lipinski definition) is 3. The molecule has 5 nitrogen and oxygen atoms in total. The summed E-state index contributed by atoms with van der Waals surface area (Å²) in [6.07, 6.45) is 0.703. The Hall–Kier alpha value is -2.82. The minimum Gasteiger partial charge on any atom is -0.496 e. The molecule has 0 radical (unpaired) electrons.